The Morgan fingerprint density at radius 3 is 2.48 bits per heavy atom. The SMILES string of the molecule is CC(C)(C)c1nc(N2CCC(N3CCCC3C(N)=O)CC2)no1. The summed E-state index contributed by atoms with van der Waals surface area (Å²) in [6, 6.07) is 0.351. The number of hydrogen-bond donors (Lipinski definition) is 1. The van der Waals surface area contributed by atoms with Crippen LogP contribution in [0.15, 0.2) is 4.52 Å². The van der Waals surface area contributed by atoms with Crippen molar-refractivity contribution in [2.75, 3.05) is 24.5 Å². The van der Waals surface area contributed by atoms with Crippen LogP contribution in [0.4, 0.5) is 5.95 Å². The van der Waals surface area contributed by atoms with E-state index >= 15 is 0 Å². The van der Waals surface area contributed by atoms with Gasteiger partial charge >= 0.3 is 0 Å². The summed E-state index contributed by atoms with van der Waals surface area (Å²) in [7, 11) is 0. The molecule has 3 heterocycles. The molecule has 2 aliphatic rings. The first-order valence-corrected chi connectivity index (χ1v) is 8.50. The average Bonchev–Trinajstić information content (AvgIpc) is 3.16. The molecule has 2 aliphatic heterocycles. The predicted molar refractivity (Wildman–Crippen MR) is 87.2 cm³/mol. The van der Waals surface area contributed by atoms with Crippen molar-refractivity contribution >= 4 is 11.9 Å². The average molecular weight is 321 g/mol. The van der Waals surface area contributed by atoms with Crippen molar-refractivity contribution in [3.8, 4) is 0 Å². The number of amides is 1. The minimum Gasteiger partial charge on any atom is -0.368 e. The third-order valence-corrected chi connectivity index (χ3v) is 4.90. The van der Waals surface area contributed by atoms with Crippen molar-refractivity contribution < 1.29 is 9.32 Å². The molecular formula is C16H27N5O2. The molecule has 2 fully saturated rings. The zero-order chi connectivity index (χ0) is 16.6. The molecule has 2 saturated heterocycles. The lowest BCUT2D eigenvalue weighted by molar-refractivity contribution is -0.123. The van der Waals surface area contributed by atoms with Crippen LogP contribution in [-0.2, 0) is 10.2 Å². The van der Waals surface area contributed by atoms with Gasteiger partial charge in [-0.1, -0.05) is 20.8 Å². The normalized spacial score (nSPS) is 24.3. The Labute approximate surface area is 137 Å². The smallest absolute Gasteiger partial charge is 0.266 e. The van der Waals surface area contributed by atoms with Gasteiger partial charge in [-0.25, -0.2) is 0 Å². The molecule has 0 aliphatic carbocycles. The van der Waals surface area contributed by atoms with E-state index in [4.69, 9.17) is 10.3 Å². The molecule has 1 amide bonds. The first-order chi connectivity index (χ1) is 10.9. The molecule has 23 heavy (non-hydrogen) atoms. The number of primary amides is 1. The van der Waals surface area contributed by atoms with E-state index in [2.05, 4.69) is 40.7 Å². The number of likely N-dealkylation sites (tertiary alicyclic amines) is 1. The van der Waals surface area contributed by atoms with Crippen LogP contribution in [0.5, 0.6) is 0 Å². The van der Waals surface area contributed by atoms with Crippen molar-refractivity contribution in [2.24, 2.45) is 5.73 Å². The fourth-order valence-electron chi connectivity index (χ4n) is 3.58. The highest BCUT2D eigenvalue weighted by Gasteiger charge is 2.36. The van der Waals surface area contributed by atoms with Gasteiger partial charge in [0.2, 0.25) is 11.8 Å². The largest absolute Gasteiger partial charge is 0.368 e. The van der Waals surface area contributed by atoms with Crippen LogP contribution in [0, 0.1) is 0 Å². The second kappa shape index (κ2) is 6.11. The molecule has 128 valence electrons. The highest BCUT2D eigenvalue weighted by molar-refractivity contribution is 5.80. The third kappa shape index (κ3) is 3.34. The van der Waals surface area contributed by atoms with E-state index in [0.29, 0.717) is 17.9 Å². The topological polar surface area (TPSA) is 88.5 Å². The van der Waals surface area contributed by atoms with E-state index in [0.717, 1.165) is 45.3 Å². The molecule has 1 aromatic heterocycles. The standard InChI is InChI=1S/C16H27N5O2/c1-16(2,3)14-18-15(19-23-14)20-9-6-11(7-10-20)21-8-4-5-12(21)13(17)22/h11-12H,4-10H2,1-3H3,(H2,17,22). The first-order valence-electron chi connectivity index (χ1n) is 8.50. The number of rotatable bonds is 3. The second-order valence-electron chi connectivity index (χ2n) is 7.67. The summed E-state index contributed by atoms with van der Waals surface area (Å²) in [6.07, 6.45) is 3.97. The van der Waals surface area contributed by atoms with Crippen LogP contribution in [0.25, 0.3) is 0 Å². The Kier molecular flexibility index (Phi) is 4.31. The summed E-state index contributed by atoms with van der Waals surface area (Å²) in [5, 5.41) is 4.12. The second-order valence-corrected chi connectivity index (χ2v) is 7.67. The summed E-state index contributed by atoms with van der Waals surface area (Å²) in [5.41, 5.74) is 5.40. The van der Waals surface area contributed by atoms with Crippen molar-refractivity contribution in [2.45, 2.75) is 64.0 Å². The summed E-state index contributed by atoms with van der Waals surface area (Å²) < 4.78 is 5.38. The first kappa shape index (κ1) is 16.2. The number of nitrogens with two attached hydrogens (primary N) is 1. The van der Waals surface area contributed by atoms with Gasteiger partial charge in [0, 0.05) is 24.5 Å². The van der Waals surface area contributed by atoms with Crippen LogP contribution in [0.1, 0.15) is 52.3 Å². The highest BCUT2D eigenvalue weighted by Crippen LogP contribution is 2.28. The molecule has 0 aromatic carbocycles. The molecule has 7 heteroatoms. The fraction of sp³-hybridized carbons (Fsp3) is 0.812. The molecular weight excluding hydrogens is 294 g/mol. The molecule has 2 N–H and O–H groups in total. The minimum absolute atomic E-state index is 0.0794. The van der Waals surface area contributed by atoms with Gasteiger partial charge in [0.1, 0.15) is 0 Å². The Morgan fingerprint density at radius 1 is 1.22 bits per heavy atom. The van der Waals surface area contributed by atoms with Crippen LogP contribution in [-0.4, -0.2) is 52.7 Å². The number of carbonyl (C=O) groups excluding carboxylic acids is 1. The molecule has 1 atom stereocenters. The number of hydrogen-bond acceptors (Lipinski definition) is 6. The summed E-state index contributed by atoms with van der Waals surface area (Å²) >= 11 is 0. The molecule has 0 spiro atoms. The molecule has 0 bridgehead atoms. The molecule has 0 saturated carbocycles. The van der Waals surface area contributed by atoms with Crippen molar-refractivity contribution in [3.63, 3.8) is 0 Å². The van der Waals surface area contributed by atoms with E-state index in [9.17, 15) is 4.79 Å². The number of carbonyl (C=O) groups is 1. The monoisotopic (exact) mass is 321 g/mol. The third-order valence-electron chi connectivity index (χ3n) is 4.90. The summed E-state index contributed by atoms with van der Waals surface area (Å²) in [4.78, 5) is 20.6. The van der Waals surface area contributed by atoms with Gasteiger partial charge in [-0.05, 0) is 37.4 Å². The highest BCUT2D eigenvalue weighted by atomic mass is 16.5. The number of piperidine rings is 1. The summed E-state index contributed by atoms with van der Waals surface area (Å²) in [6.45, 7) is 8.94. The zero-order valence-corrected chi connectivity index (χ0v) is 14.3. The van der Waals surface area contributed by atoms with Gasteiger partial charge in [-0.3, -0.25) is 9.69 Å². The molecule has 0 radical (unpaired) electrons. The lowest BCUT2D eigenvalue weighted by Crippen LogP contribution is -2.50. The molecule has 1 aromatic rings. The van der Waals surface area contributed by atoms with Crippen molar-refractivity contribution in [1.82, 2.24) is 15.0 Å². The maximum Gasteiger partial charge on any atom is 0.266 e. The predicted octanol–water partition coefficient (Wildman–Crippen LogP) is 1.29. The molecule has 7 nitrogen and oxygen atoms in total. The fourth-order valence-corrected chi connectivity index (χ4v) is 3.58. The lowest BCUT2D eigenvalue weighted by Gasteiger charge is -2.38. The van der Waals surface area contributed by atoms with Gasteiger partial charge < -0.3 is 15.2 Å². The van der Waals surface area contributed by atoms with E-state index < -0.39 is 0 Å². The Balaban J connectivity index is 1.60. The molecule has 1 unspecified atom stereocenters. The van der Waals surface area contributed by atoms with E-state index in [1.54, 1.807) is 0 Å². The van der Waals surface area contributed by atoms with Gasteiger partial charge in [0.15, 0.2) is 0 Å². The Morgan fingerprint density at radius 2 is 1.91 bits per heavy atom. The van der Waals surface area contributed by atoms with Gasteiger partial charge in [-0.2, -0.15) is 4.98 Å². The number of nitrogens with zero attached hydrogens (tertiary/aromatic N) is 4. The molecule has 3 rings (SSSR count). The Hall–Kier alpha value is -1.63. The lowest BCUT2D eigenvalue weighted by atomic mass is 9.97. The van der Waals surface area contributed by atoms with Crippen LogP contribution in [0.2, 0.25) is 0 Å². The van der Waals surface area contributed by atoms with Crippen molar-refractivity contribution in [3.05, 3.63) is 5.89 Å². The maximum atomic E-state index is 11.6. The van der Waals surface area contributed by atoms with Crippen LogP contribution >= 0.6 is 0 Å². The quantitative estimate of drug-likeness (QED) is 0.902. The Bertz CT molecular complexity index is 557. The summed E-state index contributed by atoms with van der Waals surface area (Å²) in [5.74, 6) is 1.17. The van der Waals surface area contributed by atoms with E-state index in [1.807, 2.05) is 0 Å². The maximum absolute atomic E-state index is 11.6. The van der Waals surface area contributed by atoms with Crippen LogP contribution < -0.4 is 10.6 Å². The van der Waals surface area contributed by atoms with Gasteiger partial charge in [0.25, 0.3) is 5.95 Å². The van der Waals surface area contributed by atoms with Gasteiger partial charge in [-0.15, -0.1) is 0 Å². The number of anilines is 1. The zero-order valence-electron chi connectivity index (χ0n) is 14.3. The van der Waals surface area contributed by atoms with E-state index in [1.165, 1.54) is 0 Å². The van der Waals surface area contributed by atoms with Gasteiger partial charge in [0.05, 0.1) is 6.04 Å². The minimum atomic E-state index is -0.182. The van der Waals surface area contributed by atoms with E-state index in [-0.39, 0.29) is 17.4 Å². The number of aromatic nitrogens is 2. The van der Waals surface area contributed by atoms with Crippen molar-refractivity contribution in [1.29, 1.82) is 0 Å². The van der Waals surface area contributed by atoms with Crippen LogP contribution in [0.3, 0.4) is 0 Å².